The van der Waals surface area contributed by atoms with Crippen LogP contribution in [0, 0.1) is 6.92 Å². The van der Waals surface area contributed by atoms with Gasteiger partial charge in [-0.15, -0.1) is 0 Å². The number of sulfonamides is 1. The Hall–Kier alpha value is -0.920. The minimum absolute atomic E-state index is 0.180. The van der Waals surface area contributed by atoms with E-state index in [-0.39, 0.29) is 5.03 Å². The summed E-state index contributed by atoms with van der Waals surface area (Å²) in [6, 6.07) is 0.397. The highest BCUT2D eigenvalue weighted by molar-refractivity contribution is 7.89. The van der Waals surface area contributed by atoms with Gasteiger partial charge in [-0.25, -0.2) is 13.4 Å². The first-order chi connectivity index (χ1) is 8.98. The van der Waals surface area contributed by atoms with Crippen molar-refractivity contribution in [1.29, 1.82) is 0 Å². The highest BCUT2D eigenvalue weighted by Gasteiger charge is 2.37. The van der Waals surface area contributed by atoms with Crippen molar-refractivity contribution < 1.29 is 8.42 Å². The Morgan fingerprint density at radius 1 is 1.32 bits per heavy atom. The number of imidazole rings is 1. The molecular weight excluding hydrogens is 264 g/mol. The van der Waals surface area contributed by atoms with E-state index >= 15 is 0 Å². The summed E-state index contributed by atoms with van der Waals surface area (Å²) < 4.78 is 28.5. The molecule has 0 unspecified atom stereocenters. The van der Waals surface area contributed by atoms with Gasteiger partial charge >= 0.3 is 0 Å². The summed E-state index contributed by atoms with van der Waals surface area (Å²) in [5.74, 6) is 0.720. The molecule has 0 spiro atoms. The Morgan fingerprint density at radius 3 is 2.79 bits per heavy atom. The van der Waals surface area contributed by atoms with E-state index in [9.17, 15) is 8.42 Å². The minimum atomic E-state index is -3.43. The zero-order chi connectivity index (χ0) is 13.6. The SMILES string of the molecule is Cc1nc(S(=O)(=O)N2CCN3CCC[C@H]3C2)cn1C. The molecule has 0 amide bonds. The van der Waals surface area contributed by atoms with E-state index in [1.807, 2.05) is 14.0 Å². The van der Waals surface area contributed by atoms with Crippen LogP contribution >= 0.6 is 0 Å². The Bertz CT molecular complexity index is 561. The van der Waals surface area contributed by atoms with Crippen molar-refractivity contribution >= 4 is 10.0 Å². The molecule has 1 aromatic rings. The van der Waals surface area contributed by atoms with Crippen LogP contribution < -0.4 is 0 Å². The van der Waals surface area contributed by atoms with Crippen molar-refractivity contribution in [2.75, 3.05) is 26.2 Å². The van der Waals surface area contributed by atoms with Crippen LogP contribution in [-0.2, 0) is 17.1 Å². The van der Waals surface area contributed by atoms with Gasteiger partial charge in [0.2, 0.25) is 0 Å². The molecule has 3 rings (SSSR count). The van der Waals surface area contributed by atoms with Crippen LogP contribution in [0.25, 0.3) is 0 Å². The summed E-state index contributed by atoms with van der Waals surface area (Å²) in [5.41, 5.74) is 0. The Balaban J connectivity index is 1.84. The van der Waals surface area contributed by atoms with Gasteiger partial charge in [0, 0.05) is 38.9 Å². The second kappa shape index (κ2) is 4.57. The molecule has 0 saturated carbocycles. The quantitative estimate of drug-likeness (QED) is 0.778. The molecule has 0 bridgehead atoms. The van der Waals surface area contributed by atoms with Gasteiger partial charge in [-0.05, 0) is 26.3 Å². The third-order valence-corrected chi connectivity index (χ3v) is 5.98. The second-order valence-electron chi connectivity index (χ2n) is 5.43. The lowest BCUT2D eigenvalue weighted by Gasteiger charge is -2.36. The fourth-order valence-corrected chi connectivity index (χ4v) is 4.46. The minimum Gasteiger partial charge on any atom is -0.337 e. The average Bonchev–Trinajstić information content (AvgIpc) is 2.96. The molecule has 2 saturated heterocycles. The molecule has 2 aliphatic rings. The van der Waals surface area contributed by atoms with Crippen molar-refractivity contribution in [3.05, 3.63) is 12.0 Å². The van der Waals surface area contributed by atoms with Crippen molar-refractivity contribution in [2.24, 2.45) is 7.05 Å². The third-order valence-electron chi connectivity index (χ3n) is 4.24. The van der Waals surface area contributed by atoms with E-state index in [2.05, 4.69) is 9.88 Å². The lowest BCUT2D eigenvalue weighted by molar-refractivity contribution is 0.158. The van der Waals surface area contributed by atoms with Crippen LogP contribution in [-0.4, -0.2) is 59.4 Å². The lowest BCUT2D eigenvalue weighted by atomic mass is 10.2. The Kier molecular flexibility index (Phi) is 3.15. The highest BCUT2D eigenvalue weighted by Crippen LogP contribution is 2.25. The van der Waals surface area contributed by atoms with E-state index in [1.165, 1.54) is 6.42 Å². The topological polar surface area (TPSA) is 58.4 Å². The first-order valence-corrected chi connectivity index (χ1v) is 8.16. The summed E-state index contributed by atoms with van der Waals surface area (Å²) in [7, 11) is -1.61. The van der Waals surface area contributed by atoms with E-state index < -0.39 is 10.0 Å². The number of aryl methyl sites for hydroxylation is 2. The summed E-state index contributed by atoms with van der Waals surface area (Å²) in [4.78, 5) is 6.56. The third kappa shape index (κ3) is 2.19. The van der Waals surface area contributed by atoms with Gasteiger partial charge < -0.3 is 4.57 Å². The second-order valence-corrected chi connectivity index (χ2v) is 7.32. The number of hydrogen-bond donors (Lipinski definition) is 0. The first-order valence-electron chi connectivity index (χ1n) is 6.72. The fraction of sp³-hybridized carbons (Fsp3) is 0.750. The van der Waals surface area contributed by atoms with Gasteiger partial charge in [-0.2, -0.15) is 4.31 Å². The number of rotatable bonds is 2. The van der Waals surface area contributed by atoms with E-state index in [0.29, 0.717) is 19.1 Å². The Morgan fingerprint density at radius 2 is 2.11 bits per heavy atom. The molecule has 7 heteroatoms. The predicted molar refractivity (Wildman–Crippen MR) is 71.3 cm³/mol. The molecule has 3 heterocycles. The first kappa shape index (κ1) is 13.1. The Labute approximate surface area is 114 Å². The summed E-state index contributed by atoms with van der Waals surface area (Å²) in [5, 5.41) is 0.180. The van der Waals surface area contributed by atoms with Gasteiger partial charge in [0.05, 0.1) is 0 Å². The summed E-state index contributed by atoms with van der Waals surface area (Å²) in [6.07, 6.45) is 3.89. The van der Waals surface area contributed by atoms with Crippen molar-refractivity contribution in [2.45, 2.75) is 30.8 Å². The molecule has 0 N–H and O–H groups in total. The van der Waals surface area contributed by atoms with Gasteiger partial charge in [-0.1, -0.05) is 0 Å². The van der Waals surface area contributed by atoms with E-state index in [4.69, 9.17) is 0 Å². The zero-order valence-corrected chi connectivity index (χ0v) is 12.2. The van der Waals surface area contributed by atoms with Crippen molar-refractivity contribution in [3.63, 3.8) is 0 Å². The molecule has 0 aliphatic carbocycles. The maximum atomic E-state index is 12.6. The van der Waals surface area contributed by atoms with Crippen LogP contribution in [0.2, 0.25) is 0 Å². The number of hydrogen-bond acceptors (Lipinski definition) is 4. The number of fused-ring (bicyclic) bond motifs is 1. The van der Waals surface area contributed by atoms with Gasteiger partial charge in [0.1, 0.15) is 5.82 Å². The van der Waals surface area contributed by atoms with Gasteiger partial charge in [0.25, 0.3) is 10.0 Å². The number of piperazine rings is 1. The van der Waals surface area contributed by atoms with Crippen LogP contribution in [0.4, 0.5) is 0 Å². The largest absolute Gasteiger partial charge is 0.337 e. The molecule has 2 aliphatic heterocycles. The van der Waals surface area contributed by atoms with Gasteiger partial charge in [0.15, 0.2) is 5.03 Å². The molecule has 6 nitrogen and oxygen atoms in total. The maximum Gasteiger partial charge on any atom is 0.262 e. The maximum absolute atomic E-state index is 12.6. The molecule has 0 aromatic carbocycles. The normalized spacial score (nSPS) is 25.7. The fourth-order valence-electron chi connectivity index (χ4n) is 2.96. The molecule has 2 fully saturated rings. The van der Waals surface area contributed by atoms with E-state index in [0.717, 1.165) is 25.3 Å². The highest BCUT2D eigenvalue weighted by atomic mass is 32.2. The van der Waals surface area contributed by atoms with Crippen molar-refractivity contribution in [1.82, 2.24) is 18.8 Å². The summed E-state index contributed by atoms with van der Waals surface area (Å²) in [6.45, 7) is 4.96. The van der Waals surface area contributed by atoms with Crippen LogP contribution in [0.1, 0.15) is 18.7 Å². The molecule has 1 atom stereocenters. The molecule has 106 valence electrons. The molecule has 0 radical (unpaired) electrons. The number of aromatic nitrogens is 2. The average molecular weight is 284 g/mol. The smallest absolute Gasteiger partial charge is 0.262 e. The van der Waals surface area contributed by atoms with Gasteiger partial charge in [-0.3, -0.25) is 4.90 Å². The van der Waals surface area contributed by atoms with Crippen LogP contribution in [0.15, 0.2) is 11.2 Å². The zero-order valence-electron chi connectivity index (χ0n) is 11.4. The molecule has 1 aromatic heterocycles. The van der Waals surface area contributed by atoms with Crippen LogP contribution in [0.3, 0.4) is 0 Å². The predicted octanol–water partition coefficient (Wildman–Crippen LogP) is 0.197. The molecule has 19 heavy (non-hydrogen) atoms. The molecular formula is C12H20N4O2S. The van der Waals surface area contributed by atoms with Crippen molar-refractivity contribution in [3.8, 4) is 0 Å². The standard InChI is InChI=1S/C12H20N4O2S/c1-10-13-12(9-14(10)2)19(17,18)16-7-6-15-5-3-4-11(15)8-16/h9,11H,3-8H2,1-2H3/t11-/m0/s1. The summed E-state index contributed by atoms with van der Waals surface area (Å²) >= 11 is 0. The lowest BCUT2D eigenvalue weighted by Crippen LogP contribution is -2.51. The van der Waals surface area contributed by atoms with Crippen LogP contribution in [0.5, 0.6) is 0 Å². The monoisotopic (exact) mass is 284 g/mol. The van der Waals surface area contributed by atoms with E-state index in [1.54, 1.807) is 15.1 Å². The number of nitrogens with zero attached hydrogens (tertiary/aromatic N) is 4.